The van der Waals surface area contributed by atoms with Crippen molar-refractivity contribution in [1.82, 2.24) is 5.32 Å². The Morgan fingerprint density at radius 1 is 1.38 bits per heavy atom. The summed E-state index contributed by atoms with van der Waals surface area (Å²) in [5.41, 5.74) is 0. The summed E-state index contributed by atoms with van der Waals surface area (Å²) in [4.78, 5) is 2.84. The summed E-state index contributed by atoms with van der Waals surface area (Å²) in [6.07, 6.45) is 2.83. The highest BCUT2D eigenvalue weighted by molar-refractivity contribution is 7.12. The summed E-state index contributed by atoms with van der Waals surface area (Å²) in [5.74, 6) is 0.985. The normalized spacial score (nSPS) is 12.9. The Hall–Kier alpha value is -1.06. The topological polar surface area (TPSA) is 25.2 Å². The maximum absolute atomic E-state index is 5.29. The lowest BCUT2D eigenvalue weighted by atomic mass is 10.2. The van der Waals surface area contributed by atoms with Crippen molar-refractivity contribution in [2.45, 2.75) is 32.9 Å². The second-order valence-corrected chi connectivity index (χ2v) is 5.04. The van der Waals surface area contributed by atoms with Gasteiger partial charge in [-0.1, -0.05) is 6.92 Å². The van der Waals surface area contributed by atoms with E-state index in [9.17, 15) is 0 Å². The molecule has 2 aromatic heterocycles. The van der Waals surface area contributed by atoms with Gasteiger partial charge in [0, 0.05) is 15.8 Å². The van der Waals surface area contributed by atoms with Crippen LogP contribution in [0.15, 0.2) is 34.9 Å². The van der Waals surface area contributed by atoms with E-state index in [1.54, 1.807) is 6.26 Å². The number of nitrogens with one attached hydrogen (secondary N) is 1. The fourth-order valence-electron chi connectivity index (χ4n) is 1.58. The van der Waals surface area contributed by atoms with E-state index < -0.39 is 0 Å². The van der Waals surface area contributed by atoms with Crippen molar-refractivity contribution < 1.29 is 4.42 Å². The molecule has 0 amide bonds. The predicted octanol–water partition coefficient (Wildman–Crippen LogP) is 3.75. The molecule has 0 fully saturated rings. The van der Waals surface area contributed by atoms with Crippen LogP contribution in [0, 0.1) is 0 Å². The Labute approximate surface area is 100 Å². The number of rotatable bonds is 5. The van der Waals surface area contributed by atoms with Gasteiger partial charge in [-0.05, 0) is 37.6 Å². The summed E-state index contributed by atoms with van der Waals surface area (Å²) in [6, 6.07) is 8.72. The summed E-state index contributed by atoms with van der Waals surface area (Å²) in [7, 11) is 0. The van der Waals surface area contributed by atoms with E-state index in [1.165, 1.54) is 9.75 Å². The van der Waals surface area contributed by atoms with Crippen molar-refractivity contribution in [2.75, 3.05) is 0 Å². The molecular weight excluding hydrogens is 218 g/mol. The molecule has 0 spiro atoms. The Morgan fingerprint density at radius 2 is 2.25 bits per heavy atom. The minimum absolute atomic E-state index is 0.385. The maximum atomic E-state index is 5.29. The molecule has 86 valence electrons. The molecule has 0 radical (unpaired) electrons. The van der Waals surface area contributed by atoms with Crippen LogP contribution in [0.1, 0.15) is 35.4 Å². The second-order valence-electron chi connectivity index (χ2n) is 3.84. The molecule has 0 saturated carbocycles. The zero-order valence-electron chi connectivity index (χ0n) is 9.69. The number of thiophene rings is 1. The Kier molecular flexibility index (Phi) is 3.80. The maximum Gasteiger partial charge on any atom is 0.117 e. The molecule has 2 nitrogen and oxygen atoms in total. The standard InChI is InChI=1S/C13H17NOS/c1-3-12-6-7-13(16-12)10(2)14-9-11-5-4-8-15-11/h4-8,10,14H,3,9H2,1-2H3. The molecule has 1 unspecified atom stereocenters. The van der Waals surface area contributed by atoms with Gasteiger partial charge in [-0.2, -0.15) is 0 Å². The number of hydrogen-bond donors (Lipinski definition) is 1. The Balaban J connectivity index is 1.90. The van der Waals surface area contributed by atoms with Crippen molar-refractivity contribution >= 4 is 11.3 Å². The van der Waals surface area contributed by atoms with Crippen LogP contribution in [-0.2, 0) is 13.0 Å². The predicted molar refractivity (Wildman–Crippen MR) is 67.7 cm³/mol. The first-order chi connectivity index (χ1) is 7.79. The summed E-state index contributed by atoms with van der Waals surface area (Å²) < 4.78 is 5.29. The molecule has 0 aliphatic heterocycles. The molecule has 1 atom stereocenters. The quantitative estimate of drug-likeness (QED) is 0.853. The number of hydrogen-bond acceptors (Lipinski definition) is 3. The molecule has 2 aromatic rings. The van der Waals surface area contributed by atoms with E-state index in [2.05, 4.69) is 31.3 Å². The average molecular weight is 235 g/mol. The van der Waals surface area contributed by atoms with Crippen LogP contribution in [0.4, 0.5) is 0 Å². The molecule has 1 N–H and O–H groups in total. The smallest absolute Gasteiger partial charge is 0.117 e. The highest BCUT2D eigenvalue weighted by atomic mass is 32.1. The molecule has 0 saturated heterocycles. The molecule has 0 aliphatic carbocycles. The van der Waals surface area contributed by atoms with E-state index in [0.29, 0.717) is 6.04 Å². The Bertz CT molecular complexity index is 419. The van der Waals surface area contributed by atoms with Gasteiger partial charge >= 0.3 is 0 Å². The van der Waals surface area contributed by atoms with Crippen molar-refractivity contribution in [3.05, 3.63) is 46.0 Å². The molecule has 2 rings (SSSR count). The first kappa shape index (κ1) is 11.4. The van der Waals surface area contributed by atoms with Gasteiger partial charge in [0.25, 0.3) is 0 Å². The van der Waals surface area contributed by atoms with Gasteiger partial charge in [0.15, 0.2) is 0 Å². The molecule has 0 aromatic carbocycles. The molecule has 3 heteroatoms. The zero-order chi connectivity index (χ0) is 11.4. The lowest BCUT2D eigenvalue weighted by molar-refractivity contribution is 0.462. The highest BCUT2D eigenvalue weighted by Crippen LogP contribution is 2.23. The van der Waals surface area contributed by atoms with Crippen LogP contribution < -0.4 is 5.32 Å². The first-order valence-electron chi connectivity index (χ1n) is 5.64. The monoisotopic (exact) mass is 235 g/mol. The molecule has 16 heavy (non-hydrogen) atoms. The van der Waals surface area contributed by atoms with E-state index in [4.69, 9.17) is 4.42 Å². The van der Waals surface area contributed by atoms with Crippen molar-refractivity contribution in [2.24, 2.45) is 0 Å². The third kappa shape index (κ3) is 2.74. The van der Waals surface area contributed by atoms with Crippen molar-refractivity contribution in [3.63, 3.8) is 0 Å². The largest absolute Gasteiger partial charge is 0.468 e. The van der Waals surface area contributed by atoms with E-state index in [-0.39, 0.29) is 0 Å². The lowest BCUT2D eigenvalue weighted by Gasteiger charge is -2.10. The third-order valence-corrected chi connectivity index (χ3v) is 4.03. The van der Waals surface area contributed by atoms with Gasteiger partial charge < -0.3 is 9.73 Å². The van der Waals surface area contributed by atoms with E-state index in [1.807, 2.05) is 23.5 Å². The van der Waals surface area contributed by atoms with Crippen LogP contribution in [0.25, 0.3) is 0 Å². The zero-order valence-corrected chi connectivity index (χ0v) is 10.5. The third-order valence-electron chi connectivity index (χ3n) is 2.62. The van der Waals surface area contributed by atoms with Gasteiger partial charge in [0.05, 0.1) is 12.8 Å². The molecular formula is C13H17NOS. The SMILES string of the molecule is CCc1ccc(C(C)NCc2ccco2)s1. The van der Waals surface area contributed by atoms with Crippen LogP contribution >= 0.6 is 11.3 Å². The van der Waals surface area contributed by atoms with E-state index in [0.717, 1.165) is 18.7 Å². The summed E-state index contributed by atoms with van der Waals surface area (Å²) in [5, 5.41) is 3.46. The van der Waals surface area contributed by atoms with Crippen LogP contribution in [-0.4, -0.2) is 0 Å². The fourth-order valence-corrected chi connectivity index (χ4v) is 2.56. The summed E-state index contributed by atoms with van der Waals surface area (Å²) >= 11 is 1.89. The van der Waals surface area contributed by atoms with Gasteiger partial charge in [-0.3, -0.25) is 0 Å². The van der Waals surface area contributed by atoms with Crippen LogP contribution in [0.5, 0.6) is 0 Å². The van der Waals surface area contributed by atoms with Gasteiger partial charge in [0.2, 0.25) is 0 Å². The number of furan rings is 1. The fraction of sp³-hybridized carbons (Fsp3) is 0.385. The average Bonchev–Trinajstić information content (AvgIpc) is 2.96. The van der Waals surface area contributed by atoms with Gasteiger partial charge in [-0.15, -0.1) is 11.3 Å². The van der Waals surface area contributed by atoms with Crippen molar-refractivity contribution in [1.29, 1.82) is 0 Å². The van der Waals surface area contributed by atoms with Gasteiger partial charge in [-0.25, -0.2) is 0 Å². The number of aryl methyl sites for hydroxylation is 1. The highest BCUT2D eigenvalue weighted by Gasteiger charge is 2.08. The van der Waals surface area contributed by atoms with Gasteiger partial charge in [0.1, 0.15) is 5.76 Å². The molecule has 0 bridgehead atoms. The van der Waals surface area contributed by atoms with E-state index >= 15 is 0 Å². The molecule has 0 aliphatic rings. The van der Waals surface area contributed by atoms with Crippen molar-refractivity contribution in [3.8, 4) is 0 Å². The Morgan fingerprint density at radius 3 is 2.88 bits per heavy atom. The lowest BCUT2D eigenvalue weighted by Crippen LogP contribution is -2.16. The second kappa shape index (κ2) is 5.32. The minimum atomic E-state index is 0.385. The first-order valence-corrected chi connectivity index (χ1v) is 6.45. The minimum Gasteiger partial charge on any atom is -0.468 e. The summed E-state index contributed by atoms with van der Waals surface area (Å²) in [6.45, 7) is 5.16. The van der Waals surface area contributed by atoms with Crippen LogP contribution in [0.2, 0.25) is 0 Å². The molecule has 2 heterocycles. The van der Waals surface area contributed by atoms with Crippen LogP contribution in [0.3, 0.4) is 0 Å².